The van der Waals surface area contributed by atoms with Gasteiger partial charge in [0, 0.05) is 4.60 Å². The van der Waals surface area contributed by atoms with Crippen LogP contribution in [0.25, 0.3) is 0 Å². The number of benzene rings is 6. The minimum Gasteiger partial charge on any atom is -0.437 e. The van der Waals surface area contributed by atoms with Crippen LogP contribution in [0.4, 0.5) is 0 Å². The second kappa shape index (κ2) is 22.5. The van der Waals surface area contributed by atoms with Gasteiger partial charge in [-0.1, -0.05) is 114 Å². The lowest BCUT2D eigenvalue weighted by Gasteiger charge is -2.31. The van der Waals surface area contributed by atoms with E-state index in [1.54, 1.807) is 4.60 Å². The van der Waals surface area contributed by atoms with E-state index >= 15 is 0 Å². The summed E-state index contributed by atoms with van der Waals surface area (Å²) in [6.45, 7) is 12.8. The number of hydrogen-bond donors (Lipinski definition) is 0. The molecule has 1 atom stereocenters. The molecule has 1 unspecified atom stereocenters. The Morgan fingerprint density at radius 2 is 0.644 bits per heavy atom. The van der Waals surface area contributed by atoms with E-state index in [0.717, 1.165) is 38.5 Å². The highest BCUT2D eigenvalue weighted by atomic mass is 31.2. The maximum Gasteiger partial charge on any atom is 0.429 e. The van der Waals surface area contributed by atoms with Gasteiger partial charge in [-0.05, 0) is 145 Å². The topological polar surface area (TPSA) is 71.0 Å². The Hall–Kier alpha value is -4.83. The monoisotopic (exact) mass is 848 g/mol. The predicted molar refractivity (Wildman–Crippen MR) is 245 cm³/mol. The van der Waals surface area contributed by atoms with E-state index < -0.39 is 25.1 Å². The van der Waals surface area contributed by atoms with Crippen molar-refractivity contribution in [2.75, 3.05) is 0 Å². The van der Waals surface area contributed by atoms with E-state index in [9.17, 15) is 0 Å². The molecule has 0 aliphatic carbocycles. The van der Waals surface area contributed by atoms with E-state index in [4.69, 9.17) is 32.0 Å². The number of hydrogen-bond acceptors (Lipinski definition) is 8. The molecule has 0 spiro atoms. The fourth-order valence-corrected chi connectivity index (χ4v) is 10.5. The highest BCUT2D eigenvalue weighted by Crippen LogP contribution is 2.61. The minimum absolute atomic E-state index is 0.568. The third kappa shape index (κ3) is 13.1. The van der Waals surface area contributed by atoms with Crippen molar-refractivity contribution >= 4 is 25.1 Å². The van der Waals surface area contributed by atoms with Crippen LogP contribution in [0.5, 0.6) is 34.5 Å². The Morgan fingerprint density at radius 1 is 0.373 bits per heavy atom. The molecule has 0 saturated heterocycles. The van der Waals surface area contributed by atoms with Crippen molar-refractivity contribution in [3.05, 3.63) is 179 Å². The summed E-state index contributed by atoms with van der Waals surface area (Å²) in [5, 5.41) is 0. The molecule has 0 aliphatic heterocycles. The quantitative estimate of drug-likeness (QED) is 0.0528. The van der Waals surface area contributed by atoms with E-state index in [1.807, 2.05) is 72.8 Å². The summed E-state index contributed by atoms with van der Waals surface area (Å²) in [7, 11) is -6.81. The Kier molecular flexibility index (Phi) is 16.7. The maximum absolute atomic E-state index is 6.92. The van der Waals surface area contributed by atoms with E-state index in [2.05, 4.69) is 114 Å². The summed E-state index contributed by atoms with van der Waals surface area (Å²) in [4.78, 5) is 6.88. The average Bonchev–Trinajstić information content (AvgIpc) is 3.29. The lowest BCUT2D eigenvalue weighted by Crippen LogP contribution is -2.23. The van der Waals surface area contributed by atoms with E-state index in [-0.39, 0.29) is 0 Å². The van der Waals surface area contributed by atoms with Gasteiger partial charge in [-0.3, -0.25) is 0 Å². The first-order valence-corrected chi connectivity index (χ1v) is 24.0. The predicted octanol–water partition coefficient (Wildman–Crippen LogP) is 14.7. The van der Waals surface area contributed by atoms with Crippen LogP contribution >= 0.6 is 25.1 Å². The molecule has 0 aromatic heterocycles. The standard InChI is InChI=1S/C48H55N2O6P3/c1-7-37-13-25-43(26-14-37)51-50(59(55-47-33-21-41(11-5)22-34-47)56-48-35-23-42(12-6)24-36-48)57(52-44-27-15-38(8-2)16-28-44)49-58(53-45-29-17-39(9-3)18-30-45)54-46-31-19-40(10-4)20-32-46/h13-36,58H,7-12H2,1-6H3. The lowest BCUT2D eigenvalue weighted by atomic mass is 10.2. The van der Waals surface area contributed by atoms with Crippen LogP contribution in [0, 0.1) is 0 Å². The highest BCUT2D eigenvalue weighted by Gasteiger charge is 2.40. The molecular weight excluding hydrogens is 793 g/mol. The molecule has 11 heteroatoms. The summed E-state index contributed by atoms with van der Waals surface area (Å²) in [5.41, 5.74) is 7.16. The molecule has 0 N–H and O–H groups in total. The normalized spacial score (nSPS) is 11.7. The van der Waals surface area contributed by atoms with Gasteiger partial charge in [0.1, 0.15) is 34.5 Å². The van der Waals surface area contributed by atoms with E-state index in [1.165, 1.54) is 33.4 Å². The van der Waals surface area contributed by atoms with Crippen LogP contribution in [0.3, 0.4) is 0 Å². The SMILES string of the molecule is CCc1ccc(ON(P(N=[PH](Oc2ccc(CC)cc2)Oc2ccc(CC)cc2)Oc2ccc(CC)cc2)P(Oc2ccc(CC)cc2)Oc2ccc(CC)cc2)cc1. The number of rotatable bonds is 21. The Labute approximate surface area is 353 Å². The Bertz CT molecular complexity index is 2080. The van der Waals surface area contributed by atoms with Crippen LogP contribution in [-0.4, -0.2) is 4.60 Å². The van der Waals surface area contributed by atoms with Gasteiger partial charge in [-0.2, -0.15) is 4.52 Å². The number of nitrogens with zero attached hydrogens (tertiary/aromatic N) is 2. The lowest BCUT2D eigenvalue weighted by molar-refractivity contribution is 0.108. The van der Waals surface area contributed by atoms with Crippen LogP contribution in [0.15, 0.2) is 150 Å². The molecule has 8 nitrogen and oxygen atoms in total. The van der Waals surface area contributed by atoms with Crippen LogP contribution in [0.2, 0.25) is 0 Å². The second-order valence-electron chi connectivity index (χ2n) is 13.7. The maximum atomic E-state index is 6.92. The molecule has 6 rings (SSSR count). The molecule has 59 heavy (non-hydrogen) atoms. The largest absolute Gasteiger partial charge is 0.437 e. The van der Waals surface area contributed by atoms with Crippen molar-refractivity contribution < 1.29 is 27.5 Å². The molecule has 0 saturated carbocycles. The van der Waals surface area contributed by atoms with Crippen molar-refractivity contribution in [1.29, 1.82) is 0 Å². The van der Waals surface area contributed by atoms with Gasteiger partial charge in [0.05, 0.1) is 0 Å². The average molecular weight is 849 g/mol. The number of aryl methyl sites for hydroxylation is 6. The van der Waals surface area contributed by atoms with Crippen LogP contribution < -0.4 is 27.5 Å². The fourth-order valence-electron chi connectivity index (χ4n) is 5.75. The van der Waals surface area contributed by atoms with E-state index in [0.29, 0.717) is 34.5 Å². The molecule has 6 aromatic rings. The van der Waals surface area contributed by atoms with Gasteiger partial charge in [-0.15, -0.1) is 0 Å². The molecule has 0 fully saturated rings. The van der Waals surface area contributed by atoms with Crippen LogP contribution in [0.1, 0.15) is 74.9 Å². The Morgan fingerprint density at radius 3 is 0.949 bits per heavy atom. The molecule has 0 amide bonds. The molecule has 308 valence electrons. The summed E-state index contributed by atoms with van der Waals surface area (Å²) >= 11 is 0. The van der Waals surface area contributed by atoms with Gasteiger partial charge in [0.2, 0.25) is 0 Å². The zero-order valence-electron chi connectivity index (χ0n) is 34.8. The summed E-state index contributed by atoms with van der Waals surface area (Å²) in [5.74, 6) is 3.66. The Balaban J connectivity index is 1.51. The summed E-state index contributed by atoms with van der Waals surface area (Å²) in [6.07, 6.45) is 5.42. The molecule has 0 aliphatic rings. The molecule has 0 bridgehead atoms. The van der Waals surface area contributed by atoms with Gasteiger partial charge < -0.3 is 27.5 Å². The molecular formula is C48H55N2O6P3. The minimum atomic E-state index is -2.55. The van der Waals surface area contributed by atoms with Gasteiger partial charge in [0.15, 0.2) is 0 Å². The smallest absolute Gasteiger partial charge is 0.429 e. The fraction of sp³-hybridized carbons (Fsp3) is 0.250. The van der Waals surface area contributed by atoms with Gasteiger partial charge in [0.25, 0.3) is 0 Å². The first-order chi connectivity index (χ1) is 28.9. The van der Waals surface area contributed by atoms with Crippen molar-refractivity contribution in [3.63, 3.8) is 0 Å². The van der Waals surface area contributed by atoms with Gasteiger partial charge >= 0.3 is 25.1 Å². The summed E-state index contributed by atoms with van der Waals surface area (Å²) < 4.78 is 40.9. The first-order valence-electron chi connectivity index (χ1n) is 20.5. The highest BCUT2D eigenvalue weighted by molar-refractivity contribution is 7.65. The first kappa shape index (κ1) is 43.7. The van der Waals surface area contributed by atoms with Crippen molar-refractivity contribution in [2.24, 2.45) is 4.52 Å². The van der Waals surface area contributed by atoms with Crippen molar-refractivity contribution in [3.8, 4) is 34.5 Å². The zero-order chi connectivity index (χ0) is 41.4. The van der Waals surface area contributed by atoms with Crippen LogP contribution in [-0.2, 0) is 38.5 Å². The van der Waals surface area contributed by atoms with Crippen molar-refractivity contribution in [2.45, 2.75) is 80.1 Å². The summed E-state index contributed by atoms with van der Waals surface area (Å²) in [6, 6.07) is 48.1. The van der Waals surface area contributed by atoms with Gasteiger partial charge in [-0.25, -0.2) is 0 Å². The molecule has 0 radical (unpaired) electrons. The third-order valence-corrected chi connectivity index (χ3v) is 14.5. The molecule has 6 aromatic carbocycles. The second-order valence-corrected chi connectivity index (χ2v) is 18.0. The van der Waals surface area contributed by atoms with Crippen molar-refractivity contribution in [1.82, 2.24) is 4.60 Å². The molecule has 0 heterocycles. The zero-order valence-corrected chi connectivity index (χ0v) is 37.6. The third-order valence-electron chi connectivity index (χ3n) is 9.59.